The highest BCUT2D eigenvalue weighted by molar-refractivity contribution is 6.64. The molecule has 0 saturated heterocycles. The van der Waals surface area contributed by atoms with Crippen molar-refractivity contribution >= 4 is 8.72 Å². The van der Waals surface area contributed by atoms with Crippen LogP contribution >= 0.6 is 0 Å². The van der Waals surface area contributed by atoms with Gasteiger partial charge in [-0.3, -0.25) is 4.57 Å². The molecule has 2 unspecified atom stereocenters. The Balaban J connectivity index is 4.70. The third-order valence-corrected chi connectivity index (χ3v) is 6.65. The predicted molar refractivity (Wildman–Crippen MR) is 74.3 cm³/mol. The quantitative estimate of drug-likeness (QED) is 0.486. The van der Waals surface area contributed by atoms with Crippen LogP contribution in [-0.4, -0.2) is 58.6 Å². The Morgan fingerprint density at radius 1 is 1.22 bits per heavy atom. The van der Waals surface area contributed by atoms with Crippen molar-refractivity contribution in [2.24, 2.45) is 5.92 Å². The van der Waals surface area contributed by atoms with Gasteiger partial charge in [0.05, 0.1) is 13.2 Å². The highest BCUT2D eigenvalue weighted by Crippen LogP contribution is 2.23. The molecule has 18 heavy (non-hydrogen) atoms. The molecule has 0 amide bonds. The molecule has 0 aliphatic rings. The fraction of sp³-hybridized carbons (Fsp3) is 1.00. The molecule has 0 saturated carbocycles. The van der Waals surface area contributed by atoms with Crippen LogP contribution in [0.3, 0.4) is 0 Å². The number of ether oxygens (including phenoxy) is 1. The van der Waals surface area contributed by atoms with E-state index in [9.17, 15) is 0 Å². The second kappa shape index (κ2) is 9.01. The molecule has 0 aromatic heterocycles. The first-order chi connectivity index (χ1) is 8.38. The van der Waals surface area contributed by atoms with Crippen LogP contribution in [0.25, 0.3) is 0 Å². The van der Waals surface area contributed by atoms with Crippen molar-refractivity contribution in [3.63, 3.8) is 0 Å². The number of hydrogen-bond acceptors (Lipinski definition) is 5. The molecule has 2 atom stereocenters. The lowest BCUT2D eigenvalue weighted by molar-refractivity contribution is -0.103. The summed E-state index contributed by atoms with van der Waals surface area (Å²) in [5, 5.41) is 8.76. The highest BCUT2D eigenvalue weighted by atomic mass is 28.4. The van der Waals surface area contributed by atoms with Crippen LogP contribution in [0.1, 0.15) is 27.7 Å². The summed E-state index contributed by atoms with van der Waals surface area (Å²) < 4.78 is 19.5. The average Bonchev–Trinajstić information content (AvgIpc) is 2.25. The van der Waals surface area contributed by atoms with Gasteiger partial charge in [0, 0.05) is 12.7 Å². The van der Waals surface area contributed by atoms with Gasteiger partial charge < -0.3 is 18.7 Å². The van der Waals surface area contributed by atoms with Crippen LogP contribution in [-0.2, 0) is 13.6 Å². The summed E-state index contributed by atoms with van der Waals surface area (Å²) in [6.45, 7) is 9.06. The minimum Gasteiger partial charge on any atom is -0.394 e. The van der Waals surface area contributed by atoms with Crippen LogP contribution in [0, 0.1) is 5.92 Å². The molecule has 6 heteroatoms. The van der Waals surface area contributed by atoms with Crippen LogP contribution < -0.4 is 0 Å². The standard InChI is InChI=1S/C12H29NO4Si/c1-7-16-18(13(5)6,10-11(2)3)17-12(4)15-9-8-14/h11-12,14H,7-10H2,1-6H3. The first-order valence-corrected chi connectivity index (χ1v) is 8.56. The zero-order valence-corrected chi connectivity index (χ0v) is 13.6. The van der Waals surface area contributed by atoms with Gasteiger partial charge in [-0.25, -0.2) is 0 Å². The van der Waals surface area contributed by atoms with Crippen molar-refractivity contribution in [1.82, 2.24) is 4.57 Å². The summed E-state index contributed by atoms with van der Waals surface area (Å²) in [5.74, 6) is 0.496. The third-order valence-electron chi connectivity index (χ3n) is 2.51. The summed E-state index contributed by atoms with van der Waals surface area (Å²) in [5.41, 5.74) is 0. The number of rotatable bonds is 10. The van der Waals surface area contributed by atoms with Crippen molar-refractivity contribution in [2.75, 3.05) is 33.9 Å². The van der Waals surface area contributed by atoms with Crippen LogP contribution in [0.5, 0.6) is 0 Å². The van der Waals surface area contributed by atoms with Gasteiger partial charge in [-0.1, -0.05) is 13.8 Å². The molecular weight excluding hydrogens is 250 g/mol. The molecule has 0 spiro atoms. The number of hydrogen-bond donors (Lipinski definition) is 1. The Morgan fingerprint density at radius 2 is 1.83 bits per heavy atom. The van der Waals surface area contributed by atoms with Crippen molar-refractivity contribution in [3.05, 3.63) is 0 Å². The van der Waals surface area contributed by atoms with E-state index in [0.29, 0.717) is 12.5 Å². The summed E-state index contributed by atoms with van der Waals surface area (Å²) in [7, 11) is 1.56. The second-order valence-electron chi connectivity index (χ2n) is 4.92. The van der Waals surface area contributed by atoms with Gasteiger partial charge >= 0.3 is 8.72 Å². The molecule has 0 aromatic carbocycles. The van der Waals surface area contributed by atoms with Gasteiger partial charge in [0.15, 0.2) is 0 Å². The SMILES string of the molecule is CCO[Si](CC(C)C)(OC(C)OCCO)N(C)C. The predicted octanol–water partition coefficient (Wildman–Crippen LogP) is 1.55. The fourth-order valence-corrected chi connectivity index (χ4v) is 5.00. The summed E-state index contributed by atoms with van der Waals surface area (Å²) in [6, 6.07) is 0.890. The molecule has 0 aliphatic carbocycles. The molecule has 0 radical (unpaired) electrons. The highest BCUT2D eigenvalue weighted by Gasteiger charge is 2.43. The zero-order valence-electron chi connectivity index (χ0n) is 12.6. The van der Waals surface area contributed by atoms with E-state index in [1.807, 2.05) is 27.9 Å². The monoisotopic (exact) mass is 279 g/mol. The van der Waals surface area contributed by atoms with Gasteiger partial charge in [0.25, 0.3) is 0 Å². The number of aliphatic hydroxyl groups excluding tert-OH is 1. The van der Waals surface area contributed by atoms with E-state index in [1.54, 1.807) is 0 Å². The normalized spacial score (nSPS) is 17.2. The maximum atomic E-state index is 8.76. The van der Waals surface area contributed by atoms with E-state index in [0.717, 1.165) is 6.04 Å². The molecule has 110 valence electrons. The van der Waals surface area contributed by atoms with Gasteiger partial charge in [0.1, 0.15) is 6.29 Å². The first-order valence-electron chi connectivity index (χ1n) is 6.59. The lowest BCUT2D eigenvalue weighted by atomic mass is 10.3. The maximum Gasteiger partial charge on any atom is 0.429 e. The number of aliphatic hydroxyl groups is 1. The van der Waals surface area contributed by atoms with E-state index < -0.39 is 8.72 Å². The van der Waals surface area contributed by atoms with E-state index in [4.69, 9.17) is 18.7 Å². The summed E-state index contributed by atoms with van der Waals surface area (Å²) in [4.78, 5) is 0. The van der Waals surface area contributed by atoms with E-state index in [1.165, 1.54) is 0 Å². The lowest BCUT2D eigenvalue weighted by Gasteiger charge is -2.38. The molecule has 1 N–H and O–H groups in total. The van der Waals surface area contributed by atoms with Crippen molar-refractivity contribution < 1.29 is 18.7 Å². The third kappa shape index (κ3) is 6.26. The van der Waals surface area contributed by atoms with Gasteiger partial charge in [-0.15, -0.1) is 0 Å². The first kappa shape index (κ1) is 18.0. The molecule has 5 nitrogen and oxygen atoms in total. The van der Waals surface area contributed by atoms with Crippen LogP contribution in [0.4, 0.5) is 0 Å². The average molecular weight is 279 g/mol. The Hall–Kier alpha value is 0.0169. The Morgan fingerprint density at radius 3 is 2.22 bits per heavy atom. The Labute approximate surface area is 112 Å². The van der Waals surface area contributed by atoms with Crippen molar-refractivity contribution in [3.8, 4) is 0 Å². The Kier molecular flexibility index (Phi) is 9.01. The molecule has 0 heterocycles. The van der Waals surface area contributed by atoms with E-state index in [2.05, 4.69) is 18.4 Å². The van der Waals surface area contributed by atoms with Crippen LogP contribution in [0.15, 0.2) is 0 Å². The molecule has 0 fully saturated rings. The van der Waals surface area contributed by atoms with Gasteiger partial charge in [-0.2, -0.15) is 0 Å². The molecule has 0 aromatic rings. The van der Waals surface area contributed by atoms with Gasteiger partial charge in [0.2, 0.25) is 0 Å². The van der Waals surface area contributed by atoms with E-state index in [-0.39, 0.29) is 19.5 Å². The molecule has 0 aliphatic heterocycles. The second-order valence-corrected chi connectivity index (χ2v) is 8.17. The lowest BCUT2D eigenvalue weighted by Crippen LogP contribution is -2.57. The maximum absolute atomic E-state index is 8.76. The van der Waals surface area contributed by atoms with Crippen molar-refractivity contribution in [2.45, 2.75) is 40.0 Å². The largest absolute Gasteiger partial charge is 0.429 e. The minimum absolute atomic E-state index is 0.00301. The zero-order chi connectivity index (χ0) is 14.2. The Bertz CT molecular complexity index is 216. The van der Waals surface area contributed by atoms with E-state index >= 15 is 0 Å². The fourth-order valence-electron chi connectivity index (χ4n) is 1.81. The topological polar surface area (TPSA) is 51.2 Å². The number of nitrogens with zero attached hydrogens (tertiary/aromatic N) is 1. The van der Waals surface area contributed by atoms with Crippen LogP contribution in [0.2, 0.25) is 6.04 Å². The summed E-state index contributed by atoms with van der Waals surface area (Å²) in [6.07, 6.45) is -0.364. The summed E-state index contributed by atoms with van der Waals surface area (Å²) >= 11 is 0. The van der Waals surface area contributed by atoms with Gasteiger partial charge in [-0.05, 0) is 33.9 Å². The smallest absolute Gasteiger partial charge is 0.394 e. The molecule has 0 bridgehead atoms. The molecular formula is C12H29NO4Si. The minimum atomic E-state index is -2.42. The molecule has 0 rings (SSSR count). The van der Waals surface area contributed by atoms with Crippen molar-refractivity contribution in [1.29, 1.82) is 0 Å².